The maximum Gasteiger partial charge on any atom is 0.0701 e. The first-order chi connectivity index (χ1) is 9.33. The van der Waals surface area contributed by atoms with Crippen LogP contribution in [-0.2, 0) is 4.74 Å². The molecule has 0 saturated carbocycles. The van der Waals surface area contributed by atoms with Crippen LogP contribution in [0.3, 0.4) is 0 Å². The van der Waals surface area contributed by atoms with Gasteiger partial charge in [-0.2, -0.15) is 0 Å². The molecule has 0 spiro atoms. The van der Waals surface area contributed by atoms with E-state index in [-0.39, 0.29) is 0 Å². The van der Waals surface area contributed by atoms with Crippen molar-refractivity contribution in [1.29, 1.82) is 0 Å². The van der Waals surface area contributed by atoms with E-state index in [0.29, 0.717) is 12.0 Å². The lowest BCUT2D eigenvalue weighted by Crippen LogP contribution is -2.35. The molecule has 1 fully saturated rings. The van der Waals surface area contributed by atoms with Gasteiger partial charge < -0.3 is 15.0 Å². The highest BCUT2D eigenvalue weighted by Gasteiger charge is 2.24. The third-order valence-electron chi connectivity index (χ3n) is 4.26. The molecule has 2 unspecified atom stereocenters. The quantitative estimate of drug-likeness (QED) is 0.901. The van der Waals surface area contributed by atoms with Crippen molar-refractivity contribution in [1.82, 2.24) is 4.90 Å². The summed E-state index contributed by atoms with van der Waals surface area (Å²) in [6.07, 6.45) is 4.24. The van der Waals surface area contributed by atoms with E-state index in [2.05, 4.69) is 41.5 Å². The molecule has 0 radical (unpaired) electrons. The molecule has 0 aromatic heterocycles. The molecule has 0 bridgehead atoms. The Kier molecular flexibility index (Phi) is 4.04. The molecule has 3 rings (SSSR count). The Morgan fingerprint density at radius 1 is 1.26 bits per heavy atom. The first-order valence-corrected chi connectivity index (χ1v) is 7.46. The summed E-state index contributed by atoms with van der Waals surface area (Å²) >= 11 is 0. The van der Waals surface area contributed by atoms with Crippen molar-refractivity contribution in [2.75, 3.05) is 38.6 Å². The van der Waals surface area contributed by atoms with Crippen LogP contribution in [0.25, 0.3) is 0 Å². The van der Waals surface area contributed by atoms with E-state index in [1.807, 2.05) is 0 Å². The van der Waals surface area contributed by atoms with Crippen molar-refractivity contribution in [3.8, 4) is 0 Å². The summed E-state index contributed by atoms with van der Waals surface area (Å²) < 4.78 is 5.83. The van der Waals surface area contributed by atoms with E-state index in [4.69, 9.17) is 4.74 Å². The first-order valence-electron chi connectivity index (χ1n) is 7.46. The number of fused-ring (bicyclic) bond motifs is 1. The van der Waals surface area contributed by atoms with Gasteiger partial charge in [0.05, 0.1) is 6.10 Å². The molecule has 1 aromatic carbocycles. The molecule has 19 heavy (non-hydrogen) atoms. The average molecular weight is 260 g/mol. The molecule has 3 heteroatoms. The minimum absolute atomic E-state index is 0.448. The zero-order valence-electron chi connectivity index (χ0n) is 11.8. The summed E-state index contributed by atoms with van der Waals surface area (Å²) in [6.45, 7) is 4.20. The summed E-state index contributed by atoms with van der Waals surface area (Å²) in [5, 5.41) is 3.50. The Morgan fingerprint density at radius 3 is 3.00 bits per heavy atom. The summed E-state index contributed by atoms with van der Waals surface area (Å²) in [5.41, 5.74) is 2.79. The fraction of sp³-hybridized carbons (Fsp3) is 0.625. The molecule has 3 nitrogen and oxygen atoms in total. The largest absolute Gasteiger partial charge is 0.384 e. The van der Waals surface area contributed by atoms with Gasteiger partial charge in [0.15, 0.2) is 0 Å². The van der Waals surface area contributed by atoms with Gasteiger partial charge in [0.25, 0.3) is 0 Å². The van der Waals surface area contributed by atoms with Crippen LogP contribution in [0.2, 0.25) is 0 Å². The second-order valence-electron chi connectivity index (χ2n) is 5.87. The normalized spacial score (nSPS) is 26.2. The van der Waals surface area contributed by atoms with Crippen molar-refractivity contribution in [2.24, 2.45) is 0 Å². The van der Waals surface area contributed by atoms with E-state index in [1.54, 1.807) is 0 Å². The zero-order valence-corrected chi connectivity index (χ0v) is 11.8. The molecule has 104 valence electrons. The fourth-order valence-corrected chi connectivity index (χ4v) is 3.27. The van der Waals surface area contributed by atoms with Crippen molar-refractivity contribution in [3.63, 3.8) is 0 Å². The summed E-state index contributed by atoms with van der Waals surface area (Å²) in [5.74, 6) is 0.616. The molecule has 1 aromatic rings. The number of nitrogens with one attached hydrogen (secondary N) is 1. The van der Waals surface area contributed by atoms with E-state index >= 15 is 0 Å². The van der Waals surface area contributed by atoms with Crippen LogP contribution < -0.4 is 5.32 Å². The lowest BCUT2D eigenvalue weighted by Gasteiger charge is -2.28. The Bertz CT molecular complexity index is 415. The maximum absolute atomic E-state index is 5.83. The molecule has 1 N–H and O–H groups in total. The van der Waals surface area contributed by atoms with Crippen LogP contribution in [-0.4, -0.2) is 44.3 Å². The fourth-order valence-electron chi connectivity index (χ4n) is 3.27. The standard InChI is InChI=1S/C16H24N2O/c1-18(12-14-6-4-5-9-19-14)11-13-10-17-16-8-3-2-7-15(13)16/h2-3,7-8,13-14,17H,4-6,9-12H2,1H3. The van der Waals surface area contributed by atoms with Gasteiger partial charge in [-0.15, -0.1) is 0 Å². The van der Waals surface area contributed by atoms with Gasteiger partial charge in [0.1, 0.15) is 0 Å². The minimum atomic E-state index is 0.448. The predicted molar refractivity (Wildman–Crippen MR) is 78.8 cm³/mol. The Hall–Kier alpha value is -1.06. The highest BCUT2D eigenvalue weighted by molar-refractivity contribution is 5.57. The van der Waals surface area contributed by atoms with Crippen LogP contribution in [0.15, 0.2) is 24.3 Å². The maximum atomic E-state index is 5.83. The van der Waals surface area contributed by atoms with E-state index in [9.17, 15) is 0 Å². The molecule has 2 aliphatic heterocycles. The van der Waals surface area contributed by atoms with Crippen LogP contribution in [0.1, 0.15) is 30.7 Å². The second kappa shape index (κ2) is 5.93. The Balaban J connectivity index is 1.54. The molecule has 2 atom stereocenters. The molecular formula is C16H24N2O. The van der Waals surface area contributed by atoms with Crippen LogP contribution in [0.5, 0.6) is 0 Å². The number of hydrogen-bond donors (Lipinski definition) is 1. The third kappa shape index (κ3) is 3.10. The van der Waals surface area contributed by atoms with Crippen molar-refractivity contribution >= 4 is 5.69 Å². The highest BCUT2D eigenvalue weighted by atomic mass is 16.5. The second-order valence-corrected chi connectivity index (χ2v) is 5.87. The van der Waals surface area contributed by atoms with Crippen LogP contribution >= 0.6 is 0 Å². The van der Waals surface area contributed by atoms with Gasteiger partial charge in [-0.1, -0.05) is 18.2 Å². The predicted octanol–water partition coefficient (Wildman–Crippen LogP) is 2.70. The molecule has 1 saturated heterocycles. The lowest BCUT2D eigenvalue weighted by molar-refractivity contribution is -0.00200. The van der Waals surface area contributed by atoms with Gasteiger partial charge in [0.2, 0.25) is 0 Å². The van der Waals surface area contributed by atoms with Gasteiger partial charge in [-0.3, -0.25) is 0 Å². The molecule has 0 aliphatic carbocycles. The zero-order chi connectivity index (χ0) is 13.1. The number of anilines is 1. The van der Waals surface area contributed by atoms with Gasteiger partial charge in [-0.05, 0) is 37.9 Å². The van der Waals surface area contributed by atoms with E-state index in [0.717, 1.165) is 26.2 Å². The van der Waals surface area contributed by atoms with Gasteiger partial charge >= 0.3 is 0 Å². The van der Waals surface area contributed by atoms with Crippen molar-refractivity contribution in [3.05, 3.63) is 29.8 Å². The topological polar surface area (TPSA) is 24.5 Å². The lowest BCUT2D eigenvalue weighted by atomic mass is 10.0. The molecule has 0 amide bonds. The molecule has 2 heterocycles. The van der Waals surface area contributed by atoms with Crippen molar-refractivity contribution in [2.45, 2.75) is 31.3 Å². The molecular weight excluding hydrogens is 236 g/mol. The first kappa shape index (κ1) is 12.9. The molecule has 2 aliphatic rings. The monoisotopic (exact) mass is 260 g/mol. The van der Waals surface area contributed by atoms with Crippen LogP contribution in [0, 0.1) is 0 Å². The minimum Gasteiger partial charge on any atom is -0.384 e. The van der Waals surface area contributed by atoms with Gasteiger partial charge in [0, 0.05) is 37.8 Å². The highest BCUT2D eigenvalue weighted by Crippen LogP contribution is 2.31. The van der Waals surface area contributed by atoms with Crippen molar-refractivity contribution < 1.29 is 4.74 Å². The number of nitrogens with zero attached hydrogens (tertiary/aromatic N) is 1. The number of para-hydroxylation sites is 1. The number of benzene rings is 1. The van der Waals surface area contributed by atoms with Crippen LogP contribution in [0.4, 0.5) is 5.69 Å². The Labute approximate surface area is 115 Å². The average Bonchev–Trinajstić information content (AvgIpc) is 2.83. The summed E-state index contributed by atoms with van der Waals surface area (Å²) in [4.78, 5) is 2.43. The third-order valence-corrected chi connectivity index (χ3v) is 4.26. The smallest absolute Gasteiger partial charge is 0.0701 e. The SMILES string of the molecule is CN(CC1CCCCO1)CC1CNc2ccccc21. The summed E-state index contributed by atoms with van der Waals surface area (Å²) in [7, 11) is 2.22. The van der Waals surface area contributed by atoms with E-state index in [1.165, 1.54) is 30.5 Å². The van der Waals surface area contributed by atoms with E-state index < -0.39 is 0 Å². The Morgan fingerprint density at radius 2 is 2.16 bits per heavy atom. The number of likely N-dealkylation sites (N-methyl/N-ethyl adjacent to an activating group) is 1. The summed E-state index contributed by atoms with van der Waals surface area (Å²) in [6, 6.07) is 8.68. The number of ether oxygens (including phenoxy) is 1. The number of rotatable bonds is 4. The number of hydrogen-bond acceptors (Lipinski definition) is 3. The van der Waals surface area contributed by atoms with Gasteiger partial charge in [-0.25, -0.2) is 0 Å².